The predicted octanol–water partition coefficient (Wildman–Crippen LogP) is 2.00. The molecule has 0 saturated carbocycles. The summed E-state index contributed by atoms with van der Waals surface area (Å²) in [6, 6.07) is 8.33. The molecule has 1 aromatic carbocycles. The number of nitrogens with zero attached hydrogens (tertiary/aromatic N) is 4. The van der Waals surface area contributed by atoms with E-state index in [9.17, 15) is 0 Å². The maximum Gasteiger partial charge on any atom is 0.225 e. The topological polar surface area (TPSA) is 60.0 Å². The molecule has 1 aromatic heterocycles. The molecule has 0 unspecified atom stereocenters. The Labute approximate surface area is 171 Å². The van der Waals surface area contributed by atoms with Crippen LogP contribution in [-0.4, -0.2) is 68.0 Å². The van der Waals surface area contributed by atoms with Gasteiger partial charge in [0.05, 0.1) is 44.6 Å². The van der Waals surface area contributed by atoms with Crippen LogP contribution >= 0.6 is 0 Å². The molecule has 4 heterocycles. The van der Waals surface area contributed by atoms with E-state index >= 15 is 0 Å². The number of aromatic nitrogens is 2. The molecule has 2 fully saturated rings. The Hall–Kier alpha value is -2.22. The zero-order valence-electron chi connectivity index (χ0n) is 17.0. The number of hydrogen-bond donors (Lipinski definition) is 0. The average Bonchev–Trinajstić information content (AvgIpc) is 3.17. The van der Waals surface area contributed by atoms with E-state index in [0.29, 0.717) is 6.61 Å². The highest BCUT2D eigenvalue weighted by Crippen LogP contribution is 2.40. The van der Waals surface area contributed by atoms with E-state index in [1.54, 1.807) is 7.11 Å². The van der Waals surface area contributed by atoms with Gasteiger partial charge < -0.3 is 19.1 Å². The van der Waals surface area contributed by atoms with Crippen LogP contribution in [0.1, 0.15) is 23.2 Å². The summed E-state index contributed by atoms with van der Waals surface area (Å²) in [6.45, 7) is 7.43. The molecule has 7 heteroatoms. The van der Waals surface area contributed by atoms with Crippen molar-refractivity contribution in [3.63, 3.8) is 0 Å². The van der Waals surface area contributed by atoms with Crippen LogP contribution in [0.5, 0.6) is 5.75 Å². The van der Waals surface area contributed by atoms with Crippen molar-refractivity contribution in [2.24, 2.45) is 0 Å². The molecule has 29 heavy (non-hydrogen) atoms. The van der Waals surface area contributed by atoms with E-state index in [1.165, 1.54) is 11.3 Å². The highest BCUT2D eigenvalue weighted by molar-refractivity contribution is 5.39. The van der Waals surface area contributed by atoms with Crippen LogP contribution in [-0.2, 0) is 28.0 Å². The van der Waals surface area contributed by atoms with Crippen LogP contribution in [0, 0.1) is 0 Å². The number of ether oxygens (including phenoxy) is 3. The number of benzene rings is 1. The van der Waals surface area contributed by atoms with Gasteiger partial charge in [0.15, 0.2) is 0 Å². The molecular weight excluding hydrogens is 368 g/mol. The van der Waals surface area contributed by atoms with Crippen molar-refractivity contribution in [1.29, 1.82) is 0 Å². The van der Waals surface area contributed by atoms with Crippen molar-refractivity contribution in [2.75, 3.05) is 58.0 Å². The van der Waals surface area contributed by atoms with Crippen molar-refractivity contribution in [3.05, 3.63) is 47.3 Å². The van der Waals surface area contributed by atoms with Gasteiger partial charge in [0.2, 0.25) is 5.95 Å². The maximum absolute atomic E-state index is 5.99. The average molecular weight is 396 g/mol. The van der Waals surface area contributed by atoms with Gasteiger partial charge >= 0.3 is 0 Å². The third-order valence-electron chi connectivity index (χ3n) is 6.26. The second-order valence-electron chi connectivity index (χ2n) is 8.23. The highest BCUT2D eigenvalue weighted by Gasteiger charge is 2.45. The van der Waals surface area contributed by atoms with Crippen LogP contribution in [0.25, 0.3) is 0 Å². The number of methoxy groups -OCH3 is 1. The van der Waals surface area contributed by atoms with Crippen LogP contribution in [0.15, 0.2) is 30.5 Å². The lowest BCUT2D eigenvalue weighted by Crippen LogP contribution is -2.42. The Morgan fingerprint density at radius 1 is 1.17 bits per heavy atom. The lowest BCUT2D eigenvalue weighted by molar-refractivity contribution is 0.0502. The van der Waals surface area contributed by atoms with Crippen molar-refractivity contribution >= 4 is 5.95 Å². The molecule has 5 rings (SSSR count). The molecule has 1 spiro atoms. The van der Waals surface area contributed by atoms with Gasteiger partial charge in [-0.25, -0.2) is 9.97 Å². The lowest BCUT2D eigenvalue weighted by atomic mass is 9.80. The molecule has 2 saturated heterocycles. The molecular formula is C22H28N4O3. The molecule has 2 aromatic rings. The summed E-state index contributed by atoms with van der Waals surface area (Å²) < 4.78 is 16.9. The molecule has 154 valence electrons. The summed E-state index contributed by atoms with van der Waals surface area (Å²) in [5.74, 6) is 1.74. The second kappa shape index (κ2) is 7.89. The van der Waals surface area contributed by atoms with E-state index < -0.39 is 0 Å². The second-order valence-corrected chi connectivity index (χ2v) is 8.23. The fraction of sp³-hybridized carbons (Fsp3) is 0.545. The van der Waals surface area contributed by atoms with Crippen LogP contribution < -0.4 is 9.64 Å². The van der Waals surface area contributed by atoms with Gasteiger partial charge in [-0.05, 0) is 30.7 Å². The smallest absolute Gasteiger partial charge is 0.225 e. The highest BCUT2D eigenvalue weighted by atomic mass is 16.5. The summed E-state index contributed by atoms with van der Waals surface area (Å²) >= 11 is 0. The largest absolute Gasteiger partial charge is 0.497 e. The minimum absolute atomic E-state index is 0.0452. The van der Waals surface area contributed by atoms with E-state index in [1.807, 2.05) is 12.3 Å². The normalized spacial score (nSPS) is 24.7. The Balaban J connectivity index is 1.37. The SMILES string of the molecule is COc1cccc(CN2CC[C@@]3(COCc4cnc(N5CCOCC5)nc43)C2)c1. The van der Waals surface area contributed by atoms with E-state index in [-0.39, 0.29) is 5.41 Å². The third kappa shape index (κ3) is 3.70. The fourth-order valence-corrected chi connectivity index (χ4v) is 4.74. The van der Waals surface area contributed by atoms with Gasteiger partial charge in [-0.1, -0.05) is 12.1 Å². The summed E-state index contributed by atoms with van der Waals surface area (Å²) in [7, 11) is 1.71. The molecule has 3 aliphatic heterocycles. The molecule has 1 atom stereocenters. The maximum atomic E-state index is 5.99. The van der Waals surface area contributed by atoms with Gasteiger partial charge in [-0.2, -0.15) is 0 Å². The first kappa shape index (κ1) is 18.8. The monoisotopic (exact) mass is 396 g/mol. The van der Waals surface area contributed by atoms with Gasteiger partial charge in [-0.15, -0.1) is 0 Å². The van der Waals surface area contributed by atoms with Gasteiger partial charge in [0.1, 0.15) is 5.75 Å². The molecule has 0 N–H and O–H groups in total. The van der Waals surface area contributed by atoms with Crippen LogP contribution in [0.2, 0.25) is 0 Å². The summed E-state index contributed by atoms with van der Waals surface area (Å²) in [6.07, 6.45) is 3.03. The number of rotatable bonds is 4. The Morgan fingerprint density at radius 2 is 2.07 bits per heavy atom. The first-order chi connectivity index (χ1) is 14.3. The molecule has 7 nitrogen and oxygen atoms in total. The zero-order valence-corrected chi connectivity index (χ0v) is 17.0. The summed E-state index contributed by atoms with van der Waals surface area (Å²) in [5, 5.41) is 0. The number of hydrogen-bond acceptors (Lipinski definition) is 7. The minimum Gasteiger partial charge on any atom is -0.497 e. The van der Waals surface area contributed by atoms with Gasteiger partial charge in [0, 0.05) is 37.9 Å². The molecule has 3 aliphatic rings. The number of morpholine rings is 1. The Kier molecular flexibility index (Phi) is 5.11. The zero-order chi connectivity index (χ0) is 19.7. The summed E-state index contributed by atoms with van der Waals surface area (Å²) in [5.41, 5.74) is 3.55. The fourth-order valence-electron chi connectivity index (χ4n) is 4.74. The number of likely N-dealkylation sites (tertiary alicyclic amines) is 1. The number of fused-ring (bicyclic) bond motifs is 2. The quantitative estimate of drug-likeness (QED) is 0.783. The number of anilines is 1. The third-order valence-corrected chi connectivity index (χ3v) is 6.26. The van der Waals surface area contributed by atoms with Gasteiger partial charge in [0.25, 0.3) is 0 Å². The molecule has 0 radical (unpaired) electrons. The standard InChI is InChI=1S/C22H28N4O3/c1-27-19-4-2-3-17(11-19)13-25-6-5-22(15-25)16-29-14-18-12-23-21(24-20(18)22)26-7-9-28-10-8-26/h2-4,11-12H,5-10,13-16H2,1H3/t22-/m0/s1. The van der Waals surface area contributed by atoms with Crippen LogP contribution in [0.4, 0.5) is 5.95 Å². The predicted molar refractivity (Wildman–Crippen MR) is 109 cm³/mol. The van der Waals surface area contributed by atoms with E-state index in [0.717, 1.165) is 76.2 Å². The summed E-state index contributed by atoms with van der Waals surface area (Å²) in [4.78, 5) is 14.4. The molecule has 0 aliphatic carbocycles. The van der Waals surface area contributed by atoms with E-state index in [2.05, 4.69) is 33.0 Å². The van der Waals surface area contributed by atoms with Crippen LogP contribution in [0.3, 0.4) is 0 Å². The molecule has 0 bridgehead atoms. The first-order valence-electron chi connectivity index (χ1n) is 10.4. The Bertz CT molecular complexity index is 871. The van der Waals surface area contributed by atoms with Crippen molar-refractivity contribution in [3.8, 4) is 5.75 Å². The van der Waals surface area contributed by atoms with Crippen molar-refractivity contribution in [1.82, 2.24) is 14.9 Å². The first-order valence-corrected chi connectivity index (χ1v) is 10.4. The van der Waals surface area contributed by atoms with Crippen molar-refractivity contribution in [2.45, 2.75) is 25.0 Å². The minimum atomic E-state index is -0.0452. The molecule has 0 amide bonds. The Morgan fingerprint density at radius 3 is 2.93 bits per heavy atom. The van der Waals surface area contributed by atoms with E-state index in [4.69, 9.17) is 19.2 Å². The van der Waals surface area contributed by atoms with Gasteiger partial charge in [-0.3, -0.25) is 4.90 Å². The van der Waals surface area contributed by atoms with Crippen molar-refractivity contribution < 1.29 is 14.2 Å². The lowest BCUT2D eigenvalue weighted by Gasteiger charge is -2.35.